The van der Waals surface area contributed by atoms with Gasteiger partial charge in [0.15, 0.2) is 0 Å². The Hall–Kier alpha value is -1.67. The van der Waals surface area contributed by atoms with Gasteiger partial charge in [0.25, 0.3) is 0 Å². The molecular formula is C18H20FN. The molecular weight excluding hydrogens is 249 g/mol. The zero-order valence-corrected chi connectivity index (χ0v) is 11.6. The summed E-state index contributed by atoms with van der Waals surface area (Å²) >= 11 is 0. The van der Waals surface area contributed by atoms with Crippen LogP contribution in [0.2, 0.25) is 0 Å². The molecule has 0 spiro atoms. The highest BCUT2D eigenvalue weighted by molar-refractivity contribution is 5.19. The Labute approximate surface area is 119 Å². The van der Waals surface area contributed by atoms with Crippen molar-refractivity contribution in [3.8, 4) is 0 Å². The molecule has 1 aliphatic heterocycles. The van der Waals surface area contributed by atoms with Gasteiger partial charge in [-0.2, -0.15) is 0 Å². The van der Waals surface area contributed by atoms with Crippen LogP contribution in [0.4, 0.5) is 4.39 Å². The van der Waals surface area contributed by atoms with Crippen molar-refractivity contribution < 1.29 is 4.39 Å². The molecule has 0 aromatic heterocycles. The van der Waals surface area contributed by atoms with Crippen LogP contribution in [0.3, 0.4) is 0 Å². The fourth-order valence-electron chi connectivity index (χ4n) is 3.10. The summed E-state index contributed by atoms with van der Waals surface area (Å²) in [5.74, 6) is 0.511. The van der Waals surface area contributed by atoms with Gasteiger partial charge in [-0.3, -0.25) is 0 Å². The van der Waals surface area contributed by atoms with Crippen LogP contribution < -0.4 is 5.32 Å². The summed E-state index contributed by atoms with van der Waals surface area (Å²) in [6.45, 7) is 1.09. The number of benzene rings is 2. The average molecular weight is 269 g/mol. The van der Waals surface area contributed by atoms with Crippen LogP contribution in [0.1, 0.15) is 17.5 Å². The van der Waals surface area contributed by atoms with Crippen molar-refractivity contribution in [1.29, 1.82) is 0 Å². The van der Waals surface area contributed by atoms with Crippen molar-refractivity contribution in [2.75, 3.05) is 6.54 Å². The minimum Gasteiger partial charge on any atom is -0.313 e. The lowest BCUT2D eigenvalue weighted by Crippen LogP contribution is -2.30. The lowest BCUT2D eigenvalue weighted by atomic mass is 9.89. The number of halogens is 1. The Morgan fingerprint density at radius 2 is 1.60 bits per heavy atom. The second-order valence-corrected chi connectivity index (χ2v) is 5.63. The molecule has 0 radical (unpaired) electrons. The summed E-state index contributed by atoms with van der Waals surface area (Å²) in [7, 11) is 0. The van der Waals surface area contributed by atoms with Gasteiger partial charge in [0.2, 0.25) is 0 Å². The quantitative estimate of drug-likeness (QED) is 0.894. The van der Waals surface area contributed by atoms with E-state index in [4.69, 9.17) is 0 Å². The van der Waals surface area contributed by atoms with Gasteiger partial charge in [-0.05, 0) is 55.0 Å². The molecule has 1 aliphatic rings. The van der Waals surface area contributed by atoms with Crippen LogP contribution in [0.5, 0.6) is 0 Å². The lowest BCUT2D eigenvalue weighted by Gasteiger charge is -2.20. The summed E-state index contributed by atoms with van der Waals surface area (Å²) in [6.07, 6.45) is 3.33. The molecule has 20 heavy (non-hydrogen) atoms. The molecule has 2 heteroatoms. The molecule has 1 N–H and O–H groups in total. The molecule has 1 fully saturated rings. The Balaban J connectivity index is 1.65. The molecule has 1 saturated heterocycles. The second kappa shape index (κ2) is 6.19. The smallest absolute Gasteiger partial charge is 0.123 e. The van der Waals surface area contributed by atoms with Gasteiger partial charge in [-0.25, -0.2) is 4.39 Å². The Morgan fingerprint density at radius 3 is 2.35 bits per heavy atom. The first-order valence-corrected chi connectivity index (χ1v) is 7.33. The fourth-order valence-corrected chi connectivity index (χ4v) is 3.10. The van der Waals surface area contributed by atoms with E-state index in [1.807, 2.05) is 12.1 Å². The predicted molar refractivity (Wildman–Crippen MR) is 80.1 cm³/mol. The van der Waals surface area contributed by atoms with Crippen LogP contribution in [0.25, 0.3) is 0 Å². The van der Waals surface area contributed by atoms with Crippen LogP contribution in [-0.2, 0) is 12.8 Å². The summed E-state index contributed by atoms with van der Waals surface area (Å²) < 4.78 is 12.9. The third kappa shape index (κ3) is 3.26. The lowest BCUT2D eigenvalue weighted by molar-refractivity contribution is 0.442. The van der Waals surface area contributed by atoms with Gasteiger partial charge >= 0.3 is 0 Å². The topological polar surface area (TPSA) is 12.0 Å². The van der Waals surface area contributed by atoms with Crippen molar-refractivity contribution in [3.63, 3.8) is 0 Å². The third-order valence-electron chi connectivity index (χ3n) is 4.20. The van der Waals surface area contributed by atoms with Crippen LogP contribution in [0, 0.1) is 11.7 Å². The molecule has 1 heterocycles. The van der Waals surface area contributed by atoms with E-state index in [1.54, 1.807) is 12.1 Å². The third-order valence-corrected chi connectivity index (χ3v) is 4.20. The first-order chi connectivity index (χ1) is 9.81. The van der Waals surface area contributed by atoms with Gasteiger partial charge in [0.1, 0.15) is 5.82 Å². The van der Waals surface area contributed by atoms with E-state index in [0.717, 1.165) is 19.4 Å². The van der Waals surface area contributed by atoms with E-state index in [2.05, 4.69) is 35.6 Å². The maximum absolute atomic E-state index is 12.9. The van der Waals surface area contributed by atoms with Crippen LogP contribution >= 0.6 is 0 Å². The van der Waals surface area contributed by atoms with Crippen LogP contribution in [0.15, 0.2) is 54.6 Å². The molecule has 2 aromatic carbocycles. The summed E-state index contributed by atoms with van der Waals surface area (Å²) in [5.41, 5.74) is 2.62. The number of nitrogens with one attached hydrogen (secondary N) is 1. The Bertz CT molecular complexity index is 535. The van der Waals surface area contributed by atoms with E-state index >= 15 is 0 Å². The molecule has 2 aromatic rings. The minimum absolute atomic E-state index is 0.158. The first kappa shape index (κ1) is 13.3. The largest absolute Gasteiger partial charge is 0.313 e. The Morgan fingerprint density at radius 1 is 0.900 bits per heavy atom. The molecule has 1 nitrogen and oxygen atoms in total. The van der Waals surface area contributed by atoms with E-state index in [0.29, 0.717) is 12.0 Å². The molecule has 0 saturated carbocycles. The molecule has 2 unspecified atom stereocenters. The Kier molecular flexibility index (Phi) is 4.12. The van der Waals surface area contributed by atoms with Crippen LogP contribution in [-0.4, -0.2) is 12.6 Å². The zero-order valence-electron chi connectivity index (χ0n) is 11.6. The molecule has 2 atom stereocenters. The highest BCUT2D eigenvalue weighted by atomic mass is 19.1. The van der Waals surface area contributed by atoms with Crippen molar-refractivity contribution >= 4 is 0 Å². The highest BCUT2D eigenvalue weighted by Gasteiger charge is 2.26. The average Bonchev–Trinajstić information content (AvgIpc) is 2.90. The van der Waals surface area contributed by atoms with E-state index in [-0.39, 0.29) is 5.82 Å². The van der Waals surface area contributed by atoms with E-state index in [9.17, 15) is 4.39 Å². The van der Waals surface area contributed by atoms with Crippen molar-refractivity contribution in [1.82, 2.24) is 5.32 Å². The van der Waals surface area contributed by atoms with Crippen molar-refractivity contribution in [2.24, 2.45) is 5.92 Å². The number of hydrogen-bond acceptors (Lipinski definition) is 1. The normalized spacial score (nSPS) is 22.1. The first-order valence-electron chi connectivity index (χ1n) is 7.33. The van der Waals surface area contributed by atoms with Gasteiger partial charge in [-0.1, -0.05) is 42.5 Å². The van der Waals surface area contributed by atoms with E-state index < -0.39 is 0 Å². The molecule has 0 bridgehead atoms. The van der Waals surface area contributed by atoms with Crippen molar-refractivity contribution in [2.45, 2.75) is 25.3 Å². The summed E-state index contributed by atoms with van der Waals surface area (Å²) in [4.78, 5) is 0. The molecule has 104 valence electrons. The monoisotopic (exact) mass is 269 g/mol. The maximum Gasteiger partial charge on any atom is 0.123 e. The zero-order chi connectivity index (χ0) is 13.8. The van der Waals surface area contributed by atoms with E-state index in [1.165, 1.54) is 17.5 Å². The van der Waals surface area contributed by atoms with Gasteiger partial charge in [-0.15, -0.1) is 0 Å². The molecule has 0 aliphatic carbocycles. The van der Waals surface area contributed by atoms with Gasteiger partial charge in [0.05, 0.1) is 0 Å². The van der Waals surface area contributed by atoms with Gasteiger partial charge in [0, 0.05) is 6.04 Å². The van der Waals surface area contributed by atoms with Gasteiger partial charge < -0.3 is 5.32 Å². The molecule has 3 rings (SSSR count). The molecule has 0 amide bonds. The number of rotatable bonds is 4. The fraction of sp³-hybridized carbons (Fsp3) is 0.333. The van der Waals surface area contributed by atoms with Crippen molar-refractivity contribution in [3.05, 3.63) is 71.5 Å². The second-order valence-electron chi connectivity index (χ2n) is 5.63. The SMILES string of the molecule is Fc1ccc(CC2NCCC2Cc2ccccc2)cc1. The summed E-state index contributed by atoms with van der Waals surface area (Å²) in [5, 5.41) is 3.60. The summed E-state index contributed by atoms with van der Waals surface area (Å²) in [6, 6.07) is 18.1. The minimum atomic E-state index is -0.158. The number of hydrogen-bond donors (Lipinski definition) is 1. The maximum atomic E-state index is 12.9. The predicted octanol–water partition coefficient (Wildman–Crippen LogP) is 3.59. The highest BCUT2D eigenvalue weighted by Crippen LogP contribution is 2.23. The standard InChI is InChI=1S/C18H20FN/c19-17-8-6-15(7-9-17)13-18-16(10-11-20-18)12-14-4-2-1-3-5-14/h1-9,16,18,20H,10-13H2.